The number of carbonyl (C=O) groups is 2. The molecule has 1 amide bonds. The first-order chi connectivity index (χ1) is 12.1. The van der Waals surface area contributed by atoms with Crippen molar-refractivity contribution in [3.8, 4) is 0 Å². The van der Waals surface area contributed by atoms with Crippen molar-refractivity contribution in [2.75, 3.05) is 19.6 Å². The van der Waals surface area contributed by atoms with Crippen LogP contribution in [0.5, 0.6) is 0 Å². The molecular weight excluding hydrogens is 312 g/mol. The highest BCUT2D eigenvalue weighted by Gasteiger charge is 2.28. The molecule has 2 fully saturated rings. The Kier molecular flexibility index (Phi) is 6.24. The van der Waals surface area contributed by atoms with Crippen LogP contribution < -0.4 is 5.32 Å². The zero-order chi connectivity index (χ0) is 17.6. The summed E-state index contributed by atoms with van der Waals surface area (Å²) in [6.07, 6.45) is 8.75. The van der Waals surface area contributed by atoms with Crippen LogP contribution in [0.4, 0.5) is 0 Å². The molecule has 0 spiro atoms. The van der Waals surface area contributed by atoms with E-state index < -0.39 is 0 Å². The van der Waals surface area contributed by atoms with E-state index in [1.54, 1.807) is 31.2 Å². The Morgan fingerprint density at radius 1 is 0.960 bits per heavy atom. The minimum absolute atomic E-state index is 0.00866. The molecule has 1 aromatic rings. The van der Waals surface area contributed by atoms with E-state index in [1.807, 2.05) is 0 Å². The average molecular weight is 342 g/mol. The fourth-order valence-electron chi connectivity index (χ4n) is 4.20. The van der Waals surface area contributed by atoms with Crippen molar-refractivity contribution in [3.05, 3.63) is 35.4 Å². The predicted octanol–water partition coefficient (Wildman–Crippen LogP) is 3.66. The van der Waals surface area contributed by atoms with Crippen molar-refractivity contribution in [2.24, 2.45) is 5.92 Å². The number of Topliss-reactive ketones (excluding diaryl/α,β-unsaturated/α-hetero) is 1. The molecule has 0 unspecified atom stereocenters. The second-order valence-corrected chi connectivity index (χ2v) is 7.62. The number of hydrogen-bond acceptors (Lipinski definition) is 3. The molecule has 2 atom stereocenters. The first-order valence-corrected chi connectivity index (χ1v) is 9.78. The molecule has 1 heterocycles. The highest BCUT2D eigenvalue weighted by atomic mass is 16.1. The monoisotopic (exact) mass is 342 g/mol. The fraction of sp³-hybridized carbons (Fsp3) is 0.619. The molecule has 0 bridgehead atoms. The van der Waals surface area contributed by atoms with Crippen LogP contribution >= 0.6 is 0 Å². The summed E-state index contributed by atoms with van der Waals surface area (Å²) in [5.74, 6) is 0.582. The Labute approximate surface area is 151 Å². The average Bonchev–Trinajstić information content (AvgIpc) is 2.64. The van der Waals surface area contributed by atoms with Crippen molar-refractivity contribution in [1.82, 2.24) is 10.2 Å². The molecule has 1 aromatic carbocycles. The summed E-state index contributed by atoms with van der Waals surface area (Å²) in [5.41, 5.74) is 1.30. The van der Waals surface area contributed by atoms with Crippen LogP contribution in [0.1, 0.15) is 72.6 Å². The van der Waals surface area contributed by atoms with Gasteiger partial charge in [0, 0.05) is 23.7 Å². The summed E-state index contributed by atoms with van der Waals surface area (Å²) >= 11 is 0. The van der Waals surface area contributed by atoms with E-state index in [0.717, 1.165) is 13.0 Å². The van der Waals surface area contributed by atoms with Crippen molar-refractivity contribution in [3.63, 3.8) is 0 Å². The summed E-state index contributed by atoms with van der Waals surface area (Å²) in [4.78, 5) is 26.6. The maximum absolute atomic E-state index is 12.6. The standard InChI is InChI=1S/C21H30N2O2/c1-16(24)17-9-11-18(12-10-17)21(25)22-20-8-4-3-7-19(20)15-23-13-5-2-6-14-23/h9-12,19-20H,2-8,13-15H2,1H3,(H,22,25)/t19-,20+/m0/s1. The number of carbonyl (C=O) groups excluding carboxylic acids is 2. The SMILES string of the molecule is CC(=O)c1ccc(C(=O)N[C@@H]2CCCC[C@H]2CN2CCCCC2)cc1. The lowest BCUT2D eigenvalue weighted by atomic mass is 9.83. The van der Waals surface area contributed by atoms with Gasteiger partial charge in [0.25, 0.3) is 5.91 Å². The van der Waals surface area contributed by atoms with Crippen molar-refractivity contribution < 1.29 is 9.59 Å². The second-order valence-electron chi connectivity index (χ2n) is 7.62. The third-order valence-corrected chi connectivity index (χ3v) is 5.72. The molecule has 0 aromatic heterocycles. The zero-order valence-corrected chi connectivity index (χ0v) is 15.3. The number of hydrogen-bond donors (Lipinski definition) is 1. The topological polar surface area (TPSA) is 49.4 Å². The van der Waals surface area contributed by atoms with Crippen LogP contribution in [0.25, 0.3) is 0 Å². The van der Waals surface area contributed by atoms with E-state index in [0.29, 0.717) is 17.0 Å². The summed E-state index contributed by atoms with van der Waals surface area (Å²) in [6, 6.07) is 7.27. The third kappa shape index (κ3) is 4.91. The van der Waals surface area contributed by atoms with Gasteiger partial charge in [-0.15, -0.1) is 0 Å². The molecular formula is C21H30N2O2. The molecule has 25 heavy (non-hydrogen) atoms. The first-order valence-electron chi connectivity index (χ1n) is 9.78. The van der Waals surface area contributed by atoms with Gasteiger partial charge in [0.2, 0.25) is 0 Å². The highest BCUT2D eigenvalue weighted by Crippen LogP contribution is 2.26. The van der Waals surface area contributed by atoms with Gasteiger partial charge in [-0.3, -0.25) is 9.59 Å². The van der Waals surface area contributed by atoms with E-state index in [-0.39, 0.29) is 17.7 Å². The van der Waals surface area contributed by atoms with Crippen molar-refractivity contribution in [2.45, 2.75) is 57.9 Å². The van der Waals surface area contributed by atoms with Gasteiger partial charge in [-0.05, 0) is 63.7 Å². The third-order valence-electron chi connectivity index (χ3n) is 5.72. The Hall–Kier alpha value is -1.68. The minimum atomic E-state index is -0.00866. The molecule has 3 rings (SSSR count). The summed E-state index contributed by atoms with van der Waals surface area (Å²) in [5, 5.41) is 3.27. The van der Waals surface area contributed by atoms with Crippen LogP contribution in [-0.4, -0.2) is 42.3 Å². The normalized spacial score (nSPS) is 24.7. The summed E-state index contributed by atoms with van der Waals surface area (Å²) in [6.45, 7) is 5.09. The van der Waals surface area contributed by atoms with Crippen LogP contribution in [0, 0.1) is 5.92 Å². The van der Waals surface area contributed by atoms with Gasteiger partial charge in [-0.1, -0.05) is 31.4 Å². The smallest absolute Gasteiger partial charge is 0.251 e. The maximum atomic E-state index is 12.6. The van der Waals surface area contributed by atoms with Crippen molar-refractivity contribution >= 4 is 11.7 Å². The van der Waals surface area contributed by atoms with Gasteiger partial charge >= 0.3 is 0 Å². The number of likely N-dealkylation sites (tertiary alicyclic amines) is 1. The first kappa shape index (κ1) is 18.1. The van der Waals surface area contributed by atoms with Crippen LogP contribution in [0.2, 0.25) is 0 Å². The Bertz CT molecular complexity index is 590. The molecule has 1 saturated carbocycles. The lowest BCUT2D eigenvalue weighted by molar-refractivity contribution is 0.0876. The Morgan fingerprint density at radius 3 is 2.28 bits per heavy atom. The molecule has 4 nitrogen and oxygen atoms in total. The molecule has 0 radical (unpaired) electrons. The van der Waals surface area contributed by atoms with Gasteiger partial charge < -0.3 is 10.2 Å². The number of amides is 1. The lowest BCUT2D eigenvalue weighted by Crippen LogP contribution is -2.47. The van der Waals surface area contributed by atoms with E-state index in [2.05, 4.69) is 10.2 Å². The number of rotatable bonds is 5. The number of piperidine rings is 1. The molecule has 2 aliphatic rings. The molecule has 4 heteroatoms. The van der Waals surface area contributed by atoms with E-state index in [4.69, 9.17) is 0 Å². The number of ketones is 1. The Balaban J connectivity index is 1.60. The molecule has 1 aliphatic heterocycles. The number of nitrogens with zero attached hydrogens (tertiary/aromatic N) is 1. The van der Waals surface area contributed by atoms with E-state index in [1.165, 1.54) is 51.6 Å². The van der Waals surface area contributed by atoms with E-state index in [9.17, 15) is 9.59 Å². The fourth-order valence-corrected chi connectivity index (χ4v) is 4.20. The van der Waals surface area contributed by atoms with Gasteiger partial charge in [0.05, 0.1) is 0 Å². The number of nitrogens with one attached hydrogen (secondary N) is 1. The molecule has 1 saturated heterocycles. The lowest BCUT2D eigenvalue weighted by Gasteiger charge is -2.37. The number of benzene rings is 1. The van der Waals surface area contributed by atoms with Crippen LogP contribution in [-0.2, 0) is 0 Å². The van der Waals surface area contributed by atoms with Crippen LogP contribution in [0.3, 0.4) is 0 Å². The van der Waals surface area contributed by atoms with Gasteiger partial charge in [0.1, 0.15) is 0 Å². The Morgan fingerprint density at radius 2 is 1.60 bits per heavy atom. The van der Waals surface area contributed by atoms with Crippen LogP contribution in [0.15, 0.2) is 24.3 Å². The van der Waals surface area contributed by atoms with E-state index >= 15 is 0 Å². The summed E-state index contributed by atoms with van der Waals surface area (Å²) < 4.78 is 0. The van der Waals surface area contributed by atoms with Gasteiger partial charge in [0.15, 0.2) is 5.78 Å². The molecule has 1 aliphatic carbocycles. The van der Waals surface area contributed by atoms with Gasteiger partial charge in [-0.2, -0.15) is 0 Å². The summed E-state index contributed by atoms with van der Waals surface area (Å²) in [7, 11) is 0. The predicted molar refractivity (Wildman–Crippen MR) is 99.9 cm³/mol. The van der Waals surface area contributed by atoms with Crippen molar-refractivity contribution in [1.29, 1.82) is 0 Å². The second kappa shape index (κ2) is 8.61. The highest BCUT2D eigenvalue weighted by molar-refractivity contribution is 5.97. The molecule has 136 valence electrons. The molecule has 1 N–H and O–H groups in total. The zero-order valence-electron chi connectivity index (χ0n) is 15.3. The maximum Gasteiger partial charge on any atom is 0.251 e. The largest absolute Gasteiger partial charge is 0.349 e. The quantitative estimate of drug-likeness (QED) is 0.831. The minimum Gasteiger partial charge on any atom is -0.349 e. The van der Waals surface area contributed by atoms with Gasteiger partial charge in [-0.25, -0.2) is 0 Å².